The number of carbonyl (C=O) groups is 3. The summed E-state index contributed by atoms with van der Waals surface area (Å²) in [6.07, 6.45) is 4.97. The highest BCUT2D eigenvalue weighted by atomic mass is 16.5. The van der Waals surface area contributed by atoms with Crippen LogP contribution < -0.4 is 15.4 Å². The number of anilines is 1. The molecule has 2 fully saturated rings. The molecule has 0 heterocycles. The molecule has 0 aromatic heterocycles. The number of ether oxygens (including phenoxy) is 1. The van der Waals surface area contributed by atoms with Crippen LogP contribution in [0.4, 0.5) is 5.69 Å². The fourth-order valence-electron chi connectivity index (χ4n) is 3.42. The summed E-state index contributed by atoms with van der Waals surface area (Å²) >= 11 is 0. The minimum absolute atomic E-state index is 0.0109. The van der Waals surface area contributed by atoms with Crippen molar-refractivity contribution in [2.45, 2.75) is 50.5 Å². The van der Waals surface area contributed by atoms with E-state index in [1.807, 2.05) is 0 Å². The number of amides is 2. The van der Waals surface area contributed by atoms with Crippen LogP contribution in [0.5, 0.6) is 5.75 Å². The Bertz CT molecular complexity index is 693. The minimum atomic E-state index is -0.910. The zero-order chi connectivity index (χ0) is 18.6. The van der Waals surface area contributed by atoms with Crippen LogP contribution in [0.2, 0.25) is 0 Å². The molecule has 0 atom stereocenters. The standard InChI is InChI=1S/C19H24N2O5/c22-16(21-19(11-17(23)24)8-1-2-9-19)12-26-15-5-3-4-14(10-15)20-18(25)13-6-7-13/h3-5,10,13H,1-2,6-9,11-12H2,(H,20,25)(H,21,22)(H,23,24). The molecule has 2 amide bonds. The molecule has 26 heavy (non-hydrogen) atoms. The number of hydrogen-bond donors (Lipinski definition) is 3. The van der Waals surface area contributed by atoms with Crippen molar-refractivity contribution in [3.8, 4) is 5.75 Å². The summed E-state index contributed by atoms with van der Waals surface area (Å²) in [5, 5.41) is 14.8. The first kappa shape index (κ1) is 18.2. The monoisotopic (exact) mass is 360 g/mol. The average molecular weight is 360 g/mol. The zero-order valence-electron chi connectivity index (χ0n) is 14.6. The molecule has 0 radical (unpaired) electrons. The number of carboxylic acids is 1. The summed E-state index contributed by atoms with van der Waals surface area (Å²) in [6.45, 7) is -0.193. The number of carboxylic acid groups (broad SMARTS) is 1. The van der Waals surface area contributed by atoms with Gasteiger partial charge in [-0.1, -0.05) is 18.9 Å². The molecule has 140 valence electrons. The van der Waals surface area contributed by atoms with E-state index in [-0.39, 0.29) is 30.8 Å². The van der Waals surface area contributed by atoms with Crippen molar-refractivity contribution in [3.05, 3.63) is 24.3 Å². The van der Waals surface area contributed by atoms with Crippen molar-refractivity contribution in [2.75, 3.05) is 11.9 Å². The Morgan fingerprint density at radius 3 is 2.58 bits per heavy atom. The molecule has 0 aliphatic heterocycles. The Hall–Kier alpha value is -2.57. The van der Waals surface area contributed by atoms with Crippen LogP contribution in [0.3, 0.4) is 0 Å². The van der Waals surface area contributed by atoms with Crippen LogP contribution in [0.25, 0.3) is 0 Å². The highest BCUT2D eigenvalue weighted by Crippen LogP contribution is 2.33. The topological polar surface area (TPSA) is 105 Å². The van der Waals surface area contributed by atoms with Gasteiger partial charge in [-0.2, -0.15) is 0 Å². The van der Waals surface area contributed by atoms with E-state index < -0.39 is 11.5 Å². The smallest absolute Gasteiger partial charge is 0.305 e. The third-order valence-corrected chi connectivity index (χ3v) is 4.87. The molecule has 0 bridgehead atoms. The Morgan fingerprint density at radius 1 is 1.19 bits per heavy atom. The van der Waals surface area contributed by atoms with Crippen molar-refractivity contribution in [3.63, 3.8) is 0 Å². The lowest BCUT2D eigenvalue weighted by molar-refractivity contribution is -0.139. The lowest BCUT2D eigenvalue weighted by Gasteiger charge is -2.28. The molecular weight excluding hydrogens is 336 g/mol. The van der Waals surface area contributed by atoms with E-state index in [4.69, 9.17) is 9.84 Å². The van der Waals surface area contributed by atoms with E-state index >= 15 is 0 Å². The number of benzene rings is 1. The molecule has 3 N–H and O–H groups in total. The van der Waals surface area contributed by atoms with Crippen LogP contribution in [0.15, 0.2) is 24.3 Å². The van der Waals surface area contributed by atoms with Gasteiger partial charge in [0.15, 0.2) is 6.61 Å². The molecular formula is C19H24N2O5. The van der Waals surface area contributed by atoms with Gasteiger partial charge in [0.1, 0.15) is 5.75 Å². The van der Waals surface area contributed by atoms with E-state index in [0.717, 1.165) is 25.7 Å². The number of carbonyl (C=O) groups excluding carboxylic acids is 2. The second kappa shape index (κ2) is 7.76. The summed E-state index contributed by atoms with van der Waals surface area (Å²) in [6, 6.07) is 6.91. The van der Waals surface area contributed by atoms with Crippen LogP contribution >= 0.6 is 0 Å². The zero-order valence-corrected chi connectivity index (χ0v) is 14.6. The van der Waals surface area contributed by atoms with Gasteiger partial charge in [-0.05, 0) is 37.8 Å². The number of hydrogen-bond acceptors (Lipinski definition) is 4. The van der Waals surface area contributed by atoms with Gasteiger partial charge in [-0.3, -0.25) is 14.4 Å². The Balaban J connectivity index is 1.52. The summed E-state index contributed by atoms with van der Waals surface area (Å²) < 4.78 is 5.52. The van der Waals surface area contributed by atoms with E-state index in [1.54, 1.807) is 24.3 Å². The summed E-state index contributed by atoms with van der Waals surface area (Å²) in [4.78, 5) is 35.1. The first-order chi connectivity index (χ1) is 12.5. The molecule has 2 saturated carbocycles. The molecule has 2 aliphatic rings. The molecule has 7 nitrogen and oxygen atoms in total. The summed E-state index contributed by atoms with van der Waals surface area (Å²) in [7, 11) is 0. The first-order valence-electron chi connectivity index (χ1n) is 9.02. The van der Waals surface area contributed by atoms with Crippen molar-refractivity contribution in [1.82, 2.24) is 5.32 Å². The summed E-state index contributed by atoms with van der Waals surface area (Å²) in [5.41, 5.74) is -0.0234. The van der Waals surface area contributed by atoms with Gasteiger partial charge in [0.2, 0.25) is 5.91 Å². The van der Waals surface area contributed by atoms with Gasteiger partial charge in [0.05, 0.1) is 12.0 Å². The normalized spacial score (nSPS) is 18.2. The van der Waals surface area contributed by atoms with Gasteiger partial charge < -0.3 is 20.5 Å². The molecule has 0 saturated heterocycles. The quantitative estimate of drug-likeness (QED) is 0.660. The Labute approximate surface area is 152 Å². The lowest BCUT2D eigenvalue weighted by Crippen LogP contribution is -2.49. The molecule has 0 unspecified atom stereocenters. The van der Waals surface area contributed by atoms with Crippen molar-refractivity contribution >= 4 is 23.5 Å². The fourth-order valence-corrected chi connectivity index (χ4v) is 3.42. The van der Waals surface area contributed by atoms with Crippen LogP contribution in [-0.2, 0) is 14.4 Å². The predicted molar refractivity (Wildman–Crippen MR) is 94.9 cm³/mol. The van der Waals surface area contributed by atoms with E-state index in [9.17, 15) is 14.4 Å². The molecule has 7 heteroatoms. The average Bonchev–Trinajstić information content (AvgIpc) is 3.35. The summed E-state index contributed by atoms with van der Waals surface area (Å²) in [5.74, 6) is -0.640. The first-order valence-corrected chi connectivity index (χ1v) is 9.02. The van der Waals surface area contributed by atoms with Gasteiger partial charge in [0.25, 0.3) is 5.91 Å². The number of aliphatic carboxylic acids is 1. The maximum atomic E-state index is 12.2. The Kier molecular flexibility index (Phi) is 5.44. The molecule has 1 aromatic rings. The van der Waals surface area contributed by atoms with Crippen LogP contribution in [0, 0.1) is 5.92 Å². The number of rotatable bonds is 8. The van der Waals surface area contributed by atoms with E-state index in [1.165, 1.54) is 0 Å². The third kappa shape index (κ3) is 4.97. The molecule has 0 spiro atoms. The van der Waals surface area contributed by atoms with E-state index in [2.05, 4.69) is 10.6 Å². The van der Waals surface area contributed by atoms with Gasteiger partial charge in [-0.15, -0.1) is 0 Å². The largest absolute Gasteiger partial charge is 0.484 e. The Morgan fingerprint density at radius 2 is 1.92 bits per heavy atom. The van der Waals surface area contributed by atoms with Crippen molar-refractivity contribution < 1.29 is 24.2 Å². The molecule has 3 rings (SSSR count). The van der Waals surface area contributed by atoms with E-state index in [0.29, 0.717) is 24.3 Å². The van der Waals surface area contributed by atoms with Crippen LogP contribution in [-0.4, -0.2) is 35.0 Å². The van der Waals surface area contributed by atoms with Crippen LogP contribution in [0.1, 0.15) is 44.9 Å². The SMILES string of the molecule is O=C(O)CC1(NC(=O)COc2cccc(NC(=O)C3CC3)c2)CCCC1. The lowest BCUT2D eigenvalue weighted by atomic mass is 9.93. The van der Waals surface area contributed by atoms with Gasteiger partial charge >= 0.3 is 5.97 Å². The van der Waals surface area contributed by atoms with Gasteiger partial charge in [0, 0.05) is 17.7 Å². The second-order valence-electron chi connectivity index (χ2n) is 7.19. The molecule has 2 aliphatic carbocycles. The number of nitrogens with one attached hydrogen (secondary N) is 2. The highest BCUT2D eigenvalue weighted by Gasteiger charge is 2.37. The van der Waals surface area contributed by atoms with Gasteiger partial charge in [-0.25, -0.2) is 0 Å². The second-order valence-corrected chi connectivity index (χ2v) is 7.19. The molecule has 1 aromatic carbocycles. The maximum Gasteiger partial charge on any atom is 0.305 e. The predicted octanol–water partition coefficient (Wildman–Crippen LogP) is 2.32. The minimum Gasteiger partial charge on any atom is -0.484 e. The third-order valence-electron chi connectivity index (χ3n) is 4.87. The maximum absolute atomic E-state index is 12.2. The van der Waals surface area contributed by atoms with Crippen molar-refractivity contribution in [2.24, 2.45) is 5.92 Å². The van der Waals surface area contributed by atoms with Crippen molar-refractivity contribution in [1.29, 1.82) is 0 Å². The fraction of sp³-hybridized carbons (Fsp3) is 0.526. The highest BCUT2D eigenvalue weighted by molar-refractivity contribution is 5.94.